The molecule has 1 heterocycles. The van der Waals surface area contributed by atoms with Gasteiger partial charge in [-0.15, -0.1) is 0 Å². The third kappa shape index (κ3) is 2.52. The largest absolute Gasteiger partial charge is 0.272 e. The molecule has 0 fully saturated rings. The van der Waals surface area contributed by atoms with Crippen LogP contribution >= 0.6 is 28.6 Å². The van der Waals surface area contributed by atoms with Gasteiger partial charge in [0.15, 0.2) is 0 Å². The molecule has 0 saturated heterocycles. The van der Waals surface area contributed by atoms with Crippen molar-refractivity contribution in [3.63, 3.8) is 0 Å². The van der Waals surface area contributed by atoms with Crippen LogP contribution in [0.5, 0.6) is 0 Å². The van der Waals surface area contributed by atoms with E-state index in [2.05, 4.69) is 33.7 Å². The van der Waals surface area contributed by atoms with Gasteiger partial charge < -0.3 is 0 Å². The molecule has 0 amide bonds. The Balaban J connectivity index is 2.62. The molecule has 1 aromatic rings. The van der Waals surface area contributed by atoms with Gasteiger partial charge >= 0.3 is 0 Å². The van der Waals surface area contributed by atoms with Crippen LogP contribution in [-0.2, 0) is 13.5 Å². The fraction of sp³-hybridized carbons (Fsp3) is 0.571. The standard InChI is InChI=1S/C7H11BrN2S/c1-10-6(3-2-4-11)5-7(8)9-10/h5,11H,2-4H2,1H3. The highest BCUT2D eigenvalue weighted by Crippen LogP contribution is 2.11. The highest BCUT2D eigenvalue weighted by Gasteiger charge is 2.00. The molecule has 0 aliphatic rings. The minimum absolute atomic E-state index is 0.911. The number of hydrogen-bond acceptors (Lipinski definition) is 2. The molecule has 0 unspecified atom stereocenters. The fourth-order valence-corrected chi connectivity index (χ4v) is 1.62. The number of aromatic nitrogens is 2. The van der Waals surface area contributed by atoms with E-state index in [0.717, 1.165) is 23.2 Å². The number of nitrogens with zero attached hydrogens (tertiary/aromatic N) is 2. The summed E-state index contributed by atoms with van der Waals surface area (Å²) in [6, 6.07) is 2.05. The first kappa shape index (κ1) is 9.13. The van der Waals surface area contributed by atoms with Gasteiger partial charge in [-0.2, -0.15) is 17.7 Å². The second kappa shape index (κ2) is 4.16. The van der Waals surface area contributed by atoms with Gasteiger partial charge in [-0.05, 0) is 40.6 Å². The van der Waals surface area contributed by atoms with Gasteiger partial charge in [0.05, 0.1) is 0 Å². The summed E-state index contributed by atoms with van der Waals surface area (Å²) < 4.78 is 2.81. The second-order valence-corrected chi connectivity index (χ2v) is 3.67. The lowest BCUT2D eigenvalue weighted by Gasteiger charge is -1.97. The first-order valence-corrected chi connectivity index (χ1v) is 4.96. The van der Waals surface area contributed by atoms with E-state index in [0.29, 0.717) is 0 Å². The molecule has 0 aromatic carbocycles. The van der Waals surface area contributed by atoms with Crippen molar-refractivity contribution in [2.45, 2.75) is 12.8 Å². The first-order valence-electron chi connectivity index (χ1n) is 3.53. The number of rotatable bonds is 3. The molecule has 1 aromatic heterocycles. The molecule has 2 nitrogen and oxygen atoms in total. The molecule has 0 aliphatic carbocycles. The molecule has 0 saturated carbocycles. The number of hydrogen-bond donors (Lipinski definition) is 1. The van der Waals surface area contributed by atoms with Crippen LogP contribution in [0.3, 0.4) is 0 Å². The van der Waals surface area contributed by atoms with Crippen molar-refractivity contribution < 1.29 is 0 Å². The van der Waals surface area contributed by atoms with Gasteiger partial charge in [0, 0.05) is 12.7 Å². The van der Waals surface area contributed by atoms with Crippen molar-refractivity contribution in [3.05, 3.63) is 16.4 Å². The molecule has 62 valence electrons. The topological polar surface area (TPSA) is 17.8 Å². The highest BCUT2D eigenvalue weighted by molar-refractivity contribution is 9.10. The maximum absolute atomic E-state index is 4.17. The Morgan fingerprint density at radius 1 is 1.73 bits per heavy atom. The van der Waals surface area contributed by atoms with E-state index >= 15 is 0 Å². The highest BCUT2D eigenvalue weighted by atomic mass is 79.9. The van der Waals surface area contributed by atoms with Crippen LogP contribution in [0, 0.1) is 0 Å². The van der Waals surface area contributed by atoms with E-state index in [-0.39, 0.29) is 0 Å². The molecule has 0 radical (unpaired) electrons. The van der Waals surface area contributed by atoms with E-state index in [1.807, 2.05) is 17.8 Å². The maximum Gasteiger partial charge on any atom is 0.128 e. The van der Waals surface area contributed by atoms with Crippen LogP contribution in [0.15, 0.2) is 10.7 Å². The molecule has 0 atom stereocenters. The van der Waals surface area contributed by atoms with Crippen molar-refractivity contribution >= 4 is 28.6 Å². The average Bonchev–Trinajstić information content (AvgIpc) is 2.26. The molecule has 0 spiro atoms. The Kier molecular flexibility index (Phi) is 3.45. The maximum atomic E-state index is 4.17. The summed E-state index contributed by atoms with van der Waals surface area (Å²) in [5.74, 6) is 0.933. The van der Waals surface area contributed by atoms with Crippen LogP contribution in [0.1, 0.15) is 12.1 Å². The summed E-state index contributed by atoms with van der Waals surface area (Å²) in [4.78, 5) is 0. The normalized spacial score (nSPS) is 10.5. The Morgan fingerprint density at radius 3 is 2.91 bits per heavy atom. The third-order valence-electron chi connectivity index (χ3n) is 1.54. The first-order chi connectivity index (χ1) is 5.24. The van der Waals surface area contributed by atoms with Crippen LogP contribution in [-0.4, -0.2) is 15.5 Å². The Hall–Kier alpha value is 0.0400. The van der Waals surface area contributed by atoms with Crippen molar-refractivity contribution in [1.82, 2.24) is 9.78 Å². The van der Waals surface area contributed by atoms with E-state index < -0.39 is 0 Å². The Bertz CT molecular complexity index is 234. The fourth-order valence-electron chi connectivity index (χ4n) is 0.961. The predicted molar refractivity (Wildman–Crippen MR) is 53.1 cm³/mol. The lowest BCUT2D eigenvalue weighted by atomic mass is 10.2. The molecule has 0 N–H and O–H groups in total. The molecular weight excluding hydrogens is 224 g/mol. The third-order valence-corrected chi connectivity index (χ3v) is 2.24. The molecule has 4 heteroatoms. The zero-order valence-corrected chi connectivity index (χ0v) is 8.90. The summed E-state index contributed by atoms with van der Waals surface area (Å²) in [5, 5.41) is 4.17. The van der Waals surface area contributed by atoms with Gasteiger partial charge in [0.1, 0.15) is 4.60 Å². The smallest absolute Gasteiger partial charge is 0.128 e. The zero-order chi connectivity index (χ0) is 8.27. The van der Waals surface area contributed by atoms with Crippen molar-refractivity contribution in [2.24, 2.45) is 7.05 Å². The summed E-state index contributed by atoms with van der Waals surface area (Å²) in [7, 11) is 1.96. The molecule has 0 aliphatic heterocycles. The minimum Gasteiger partial charge on any atom is -0.272 e. The molecule has 1 rings (SSSR count). The quantitative estimate of drug-likeness (QED) is 0.794. The molecule has 11 heavy (non-hydrogen) atoms. The van der Waals surface area contributed by atoms with E-state index in [9.17, 15) is 0 Å². The van der Waals surface area contributed by atoms with Crippen LogP contribution in [0.4, 0.5) is 0 Å². The Morgan fingerprint density at radius 2 is 2.45 bits per heavy atom. The summed E-state index contributed by atoms with van der Waals surface area (Å²) in [5.41, 5.74) is 1.26. The van der Waals surface area contributed by atoms with Gasteiger partial charge in [-0.25, -0.2) is 0 Å². The van der Waals surface area contributed by atoms with Crippen LogP contribution in [0.2, 0.25) is 0 Å². The van der Waals surface area contributed by atoms with Gasteiger partial charge in [-0.3, -0.25) is 4.68 Å². The Labute approximate surface area is 80.5 Å². The second-order valence-electron chi connectivity index (χ2n) is 2.41. The van der Waals surface area contributed by atoms with Gasteiger partial charge in [-0.1, -0.05) is 0 Å². The van der Waals surface area contributed by atoms with Crippen LogP contribution in [0.25, 0.3) is 0 Å². The van der Waals surface area contributed by atoms with E-state index in [1.165, 1.54) is 5.69 Å². The molecular formula is C7H11BrN2S. The van der Waals surface area contributed by atoms with E-state index in [1.54, 1.807) is 0 Å². The summed E-state index contributed by atoms with van der Waals surface area (Å²) in [6.07, 6.45) is 2.16. The predicted octanol–water partition coefficient (Wildman–Crippen LogP) is 2.05. The SMILES string of the molecule is Cn1nc(Br)cc1CCCS. The van der Waals surface area contributed by atoms with Crippen molar-refractivity contribution in [3.8, 4) is 0 Å². The lowest BCUT2D eigenvalue weighted by Crippen LogP contribution is -1.98. The summed E-state index contributed by atoms with van der Waals surface area (Å²) in [6.45, 7) is 0. The number of aryl methyl sites for hydroxylation is 2. The number of thiol groups is 1. The molecule has 0 bridgehead atoms. The summed E-state index contributed by atoms with van der Waals surface area (Å²) >= 11 is 7.47. The van der Waals surface area contributed by atoms with E-state index in [4.69, 9.17) is 0 Å². The van der Waals surface area contributed by atoms with Crippen LogP contribution < -0.4 is 0 Å². The number of halogens is 1. The average molecular weight is 235 g/mol. The monoisotopic (exact) mass is 234 g/mol. The van der Waals surface area contributed by atoms with Crippen molar-refractivity contribution in [2.75, 3.05) is 5.75 Å². The zero-order valence-electron chi connectivity index (χ0n) is 6.42. The van der Waals surface area contributed by atoms with Crippen molar-refractivity contribution in [1.29, 1.82) is 0 Å². The van der Waals surface area contributed by atoms with Gasteiger partial charge in [0.25, 0.3) is 0 Å². The lowest BCUT2D eigenvalue weighted by molar-refractivity contribution is 0.696. The van der Waals surface area contributed by atoms with Gasteiger partial charge in [0.2, 0.25) is 0 Å². The minimum atomic E-state index is 0.911.